The Labute approximate surface area is 121 Å². The molecule has 5 nitrogen and oxygen atoms in total. The van der Waals surface area contributed by atoms with Crippen LogP contribution in [0.1, 0.15) is 40.0 Å². The lowest BCUT2D eigenvalue weighted by Crippen LogP contribution is -2.64. The number of hydrogen-bond acceptors (Lipinski definition) is 3. The average molecular weight is 282 g/mol. The minimum atomic E-state index is -0.350. The molecule has 3 unspecified atom stereocenters. The lowest BCUT2D eigenvalue weighted by molar-refractivity contribution is -0.151. The summed E-state index contributed by atoms with van der Waals surface area (Å²) in [6, 6.07) is -0.676. The summed E-state index contributed by atoms with van der Waals surface area (Å²) < 4.78 is 5.38. The third kappa shape index (κ3) is 3.14. The molecule has 2 fully saturated rings. The summed E-state index contributed by atoms with van der Waals surface area (Å²) in [5.74, 6) is 0.732. The molecule has 0 aliphatic carbocycles. The Hall–Kier alpha value is -1.10. The highest BCUT2D eigenvalue weighted by molar-refractivity contribution is 5.97. The predicted octanol–water partition coefficient (Wildman–Crippen LogP) is 1.17. The maximum Gasteiger partial charge on any atom is 0.245 e. The highest BCUT2D eigenvalue weighted by Gasteiger charge is 2.41. The zero-order valence-corrected chi connectivity index (χ0v) is 12.7. The number of amides is 2. The van der Waals surface area contributed by atoms with Gasteiger partial charge in [0.15, 0.2) is 0 Å². The molecule has 5 heteroatoms. The Morgan fingerprint density at radius 1 is 1.40 bits per heavy atom. The molecule has 0 aromatic carbocycles. The molecule has 20 heavy (non-hydrogen) atoms. The summed E-state index contributed by atoms with van der Waals surface area (Å²) in [5, 5.41) is 2.85. The molecule has 1 N–H and O–H groups in total. The molecule has 0 aromatic heterocycles. The number of carbonyl (C=O) groups is 2. The van der Waals surface area contributed by atoms with E-state index in [9.17, 15) is 9.59 Å². The van der Waals surface area contributed by atoms with E-state index in [0.29, 0.717) is 18.9 Å². The first-order chi connectivity index (χ1) is 9.54. The van der Waals surface area contributed by atoms with Gasteiger partial charge in [-0.25, -0.2) is 0 Å². The zero-order chi connectivity index (χ0) is 14.7. The lowest BCUT2D eigenvalue weighted by Gasteiger charge is -2.41. The molecule has 0 radical (unpaired) electrons. The second-order valence-electron chi connectivity index (χ2n) is 6.21. The van der Waals surface area contributed by atoms with Gasteiger partial charge >= 0.3 is 0 Å². The van der Waals surface area contributed by atoms with E-state index >= 15 is 0 Å². The first-order valence-corrected chi connectivity index (χ1v) is 7.73. The molecule has 2 amide bonds. The number of nitrogens with one attached hydrogen (secondary N) is 1. The van der Waals surface area contributed by atoms with E-state index in [1.165, 1.54) is 0 Å². The van der Waals surface area contributed by atoms with Crippen LogP contribution in [-0.2, 0) is 14.3 Å². The van der Waals surface area contributed by atoms with Gasteiger partial charge in [-0.2, -0.15) is 0 Å². The van der Waals surface area contributed by atoms with Crippen molar-refractivity contribution in [3.8, 4) is 0 Å². The van der Waals surface area contributed by atoms with Crippen LogP contribution < -0.4 is 5.32 Å². The van der Waals surface area contributed by atoms with E-state index < -0.39 is 0 Å². The maximum absolute atomic E-state index is 12.5. The van der Waals surface area contributed by atoms with Gasteiger partial charge in [0.25, 0.3) is 0 Å². The Balaban J connectivity index is 2.05. The molecule has 0 saturated carbocycles. The Bertz CT molecular complexity index is 364. The molecular formula is C15H26N2O3. The molecule has 0 spiro atoms. The molecule has 2 rings (SSSR count). The molecule has 2 heterocycles. The van der Waals surface area contributed by atoms with Crippen molar-refractivity contribution in [1.29, 1.82) is 0 Å². The zero-order valence-electron chi connectivity index (χ0n) is 12.7. The Morgan fingerprint density at radius 2 is 2.15 bits per heavy atom. The average Bonchev–Trinajstić information content (AvgIpc) is 2.91. The summed E-state index contributed by atoms with van der Waals surface area (Å²) in [4.78, 5) is 26.5. The van der Waals surface area contributed by atoms with Crippen molar-refractivity contribution in [3.05, 3.63) is 0 Å². The van der Waals surface area contributed by atoms with Gasteiger partial charge in [0.05, 0.1) is 0 Å². The van der Waals surface area contributed by atoms with Crippen LogP contribution in [0.25, 0.3) is 0 Å². The number of piperazine rings is 1. The minimum absolute atomic E-state index is 0.00544. The molecule has 0 aromatic rings. The highest BCUT2D eigenvalue weighted by atomic mass is 16.5. The Morgan fingerprint density at radius 3 is 2.70 bits per heavy atom. The normalized spacial score (nSPS) is 31.0. The standard InChI is InChI=1S/C15H26N2O3/c1-4-12-15(19)17(7-5-11-6-8-20-9-11)13(10(2)3)14(18)16-12/h10-13H,4-9H2,1-3H3,(H,16,18). The molecule has 2 aliphatic rings. The fraction of sp³-hybridized carbons (Fsp3) is 0.867. The van der Waals surface area contributed by atoms with Gasteiger partial charge in [0.1, 0.15) is 12.1 Å². The molecule has 0 bridgehead atoms. The highest BCUT2D eigenvalue weighted by Crippen LogP contribution is 2.22. The summed E-state index contributed by atoms with van der Waals surface area (Å²) >= 11 is 0. The molecule has 2 aliphatic heterocycles. The third-order valence-electron chi connectivity index (χ3n) is 4.34. The number of rotatable bonds is 5. The van der Waals surface area contributed by atoms with E-state index in [4.69, 9.17) is 4.74 Å². The fourth-order valence-electron chi connectivity index (χ4n) is 3.12. The second-order valence-corrected chi connectivity index (χ2v) is 6.21. The lowest BCUT2D eigenvalue weighted by atomic mass is 9.95. The summed E-state index contributed by atoms with van der Waals surface area (Å²) in [5.41, 5.74) is 0. The van der Waals surface area contributed by atoms with Crippen molar-refractivity contribution in [2.75, 3.05) is 19.8 Å². The van der Waals surface area contributed by atoms with E-state index in [1.807, 2.05) is 20.8 Å². The summed E-state index contributed by atoms with van der Waals surface area (Å²) in [6.45, 7) is 8.20. The second kappa shape index (κ2) is 6.57. The SMILES string of the molecule is CCC1NC(=O)C(C(C)C)N(CCC2CCOC2)C1=O. The summed E-state index contributed by atoms with van der Waals surface area (Å²) in [6.07, 6.45) is 2.65. The molecular weight excluding hydrogens is 256 g/mol. The van der Waals surface area contributed by atoms with Crippen molar-refractivity contribution in [1.82, 2.24) is 10.2 Å². The van der Waals surface area contributed by atoms with E-state index in [2.05, 4.69) is 5.32 Å². The van der Waals surface area contributed by atoms with Crippen LogP contribution in [0.3, 0.4) is 0 Å². The Kier molecular flexibility index (Phi) is 5.02. The first-order valence-electron chi connectivity index (χ1n) is 7.73. The number of ether oxygens (including phenoxy) is 1. The maximum atomic E-state index is 12.5. The third-order valence-corrected chi connectivity index (χ3v) is 4.34. The van der Waals surface area contributed by atoms with Gasteiger partial charge in [-0.05, 0) is 31.1 Å². The number of hydrogen-bond donors (Lipinski definition) is 1. The number of carbonyl (C=O) groups excluding carboxylic acids is 2. The molecule has 114 valence electrons. The van der Waals surface area contributed by atoms with Crippen molar-refractivity contribution >= 4 is 11.8 Å². The fourth-order valence-corrected chi connectivity index (χ4v) is 3.12. The first kappa shape index (κ1) is 15.3. The van der Waals surface area contributed by atoms with Crippen molar-refractivity contribution in [2.45, 2.75) is 52.1 Å². The van der Waals surface area contributed by atoms with Gasteiger partial charge in [-0.1, -0.05) is 20.8 Å². The monoisotopic (exact) mass is 282 g/mol. The minimum Gasteiger partial charge on any atom is -0.381 e. The van der Waals surface area contributed by atoms with Gasteiger partial charge in [-0.3, -0.25) is 9.59 Å². The van der Waals surface area contributed by atoms with Crippen molar-refractivity contribution in [3.63, 3.8) is 0 Å². The smallest absolute Gasteiger partial charge is 0.245 e. The van der Waals surface area contributed by atoms with Crippen LogP contribution >= 0.6 is 0 Å². The molecule has 3 atom stereocenters. The van der Waals surface area contributed by atoms with Crippen molar-refractivity contribution in [2.24, 2.45) is 11.8 Å². The summed E-state index contributed by atoms with van der Waals surface area (Å²) in [7, 11) is 0. The molecule has 2 saturated heterocycles. The topological polar surface area (TPSA) is 58.6 Å². The van der Waals surface area contributed by atoms with Gasteiger partial charge in [0, 0.05) is 19.8 Å². The van der Waals surface area contributed by atoms with E-state index in [1.54, 1.807) is 4.90 Å². The largest absolute Gasteiger partial charge is 0.381 e. The quantitative estimate of drug-likeness (QED) is 0.823. The van der Waals surface area contributed by atoms with Crippen LogP contribution in [0.5, 0.6) is 0 Å². The van der Waals surface area contributed by atoms with E-state index in [0.717, 1.165) is 26.1 Å². The van der Waals surface area contributed by atoms with Gasteiger partial charge in [-0.15, -0.1) is 0 Å². The van der Waals surface area contributed by atoms with Gasteiger partial charge < -0.3 is 15.0 Å². The number of nitrogens with zero attached hydrogens (tertiary/aromatic N) is 1. The van der Waals surface area contributed by atoms with Crippen LogP contribution in [0.2, 0.25) is 0 Å². The van der Waals surface area contributed by atoms with Crippen molar-refractivity contribution < 1.29 is 14.3 Å². The van der Waals surface area contributed by atoms with Crippen LogP contribution in [0, 0.1) is 11.8 Å². The van der Waals surface area contributed by atoms with Gasteiger partial charge in [0.2, 0.25) is 11.8 Å². The van der Waals surface area contributed by atoms with Crippen LogP contribution in [-0.4, -0.2) is 48.6 Å². The van der Waals surface area contributed by atoms with E-state index in [-0.39, 0.29) is 29.8 Å². The van der Waals surface area contributed by atoms with Crippen LogP contribution in [0.4, 0.5) is 0 Å². The van der Waals surface area contributed by atoms with Crippen LogP contribution in [0.15, 0.2) is 0 Å². The predicted molar refractivity (Wildman–Crippen MR) is 76.1 cm³/mol.